The van der Waals surface area contributed by atoms with Crippen molar-refractivity contribution in [3.8, 4) is 22.5 Å². The van der Waals surface area contributed by atoms with Gasteiger partial charge in [-0.1, -0.05) is 109 Å². The summed E-state index contributed by atoms with van der Waals surface area (Å²) in [7, 11) is 0. The molecule has 2 saturated heterocycles. The lowest BCUT2D eigenvalue weighted by atomic mass is 9.75. The third-order valence-corrected chi connectivity index (χ3v) is 11.7. The summed E-state index contributed by atoms with van der Waals surface area (Å²) in [6.45, 7) is 0.687. The summed E-state index contributed by atoms with van der Waals surface area (Å²) in [6.07, 6.45) is 1.05. The number of carboxylic acid groups (broad SMARTS) is 2. The molecule has 2 aliphatic heterocycles. The van der Waals surface area contributed by atoms with Crippen molar-refractivity contribution in [2.45, 2.75) is 61.4 Å². The number of primary amides is 2. The first-order valence-electron chi connectivity index (χ1n) is 19.4. The van der Waals surface area contributed by atoms with Gasteiger partial charge in [0.25, 0.3) is 0 Å². The van der Waals surface area contributed by atoms with E-state index in [2.05, 4.69) is 10.2 Å². The number of nitrogens with one attached hydrogen (secondary N) is 1. The Kier molecular flexibility index (Phi) is 11.2. The summed E-state index contributed by atoms with van der Waals surface area (Å²) in [5, 5.41) is 27.2. The highest BCUT2D eigenvalue weighted by atomic mass is 16.4. The number of likely N-dealkylation sites (tertiary alicyclic amines) is 2. The van der Waals surface area contributed by atoms with Gasteiger partial charge in [-0.3, -0.25) is 33.9 Å². The summed E-state index contributed by atoms with van der Waals surface area (Å²) < 4.78 is 0. The highest BCUT2D eigenvalue weighted by Crippen LogP contribution is 2.41. The number of aromatic nitrogens is 2. The molecule has 3 heterocycles. The first-order chi connectivity index (χ1) is 28.4. The Hall–Kier alpha value is -7.09. The van der Waals surface area contributed by atoms with Crippen molar-refractivity contribution < 1.29 is 39.0 Å². The maximum Gasteiger partial charge on any atom is 0.305 e. The molecule has 4 aromatic carbocycles. The van der Waals surface area contributed by atoms with Crippen molar-refractivity contribution in [3.63, 3.8) is 0 Å². The maximum atomic E-state index is 14.2. The fourth-order valence-corrected chi connectivity index (χ4v) is 8.75. The molecule has 14 heteroatoms. The molecule has 2 aliphatic rings. The van der Waals surface area contributed by atoms with E-state index in [1.807, 2.05) is 54.6 Å². The molecule has 14 nitrogen and oxygen atoms in total. The minimum Gasteiger partial charge on any atom is -0.481 e. The van der Waals surface area contributed by atoms with Gasteiger partial charge < -0.3 is 31.5 Å². The van der Waals surface area contributed by atoms with Gasteiger partial charge in [0.2, 0.25) is 23.6 Å². The van der Waals surface area contributed by atoms with Gasteiger partial charge in [-0.2, -0.15) is 5.10 Å². The monoisotopic (exact) mass is 796 g/mol. The normalized spacial score (nSPS) is 18.4. The lowest BCUT2D eigenvalue weighted by Gasteiger charge is -2.35. The number of carbonyl (C=O) groups is 6. The average Bonchev–Trinajstić information content (AvgIpc) is 4.04. The van der Waals surface area contributed by atoms with Crippen LogP contribution in [0, 0.1) is 0 Å². The number of nitrogens with two attached hydrogens (primary N) is 2. The second-order valence-corrected chi connectivity index (χ2v) is 15.1. The van der Waals surface area contributed by atoms with Crippen LogP contribution < -0.4 is 11.5 Å². The Bertz CT molecular complexity index is 2220. The van der Waals surface area contributed by atoms with Crippen molar-refractivity contribution in [2.75, 3.05) is 13.1 Å². The number of rotatable bonds is 14. The highest BCUT2D eigenvalue weighted by molar-refractivity contribution is 6.13. The van der Waals surface area contributed by atoms with E-state index in [4.69, 9.17) is 11.5 Å². The molecular weight excluding hydrogens is 753 g/mol. The van der Waals surface area contributed by atoms with E-state index in [0.29, 0.717) is 44.5 Å². The Morgan fingerprint density at radius 2 is 1.02 bits per heavy atom. The minimum atomic E-state index is -2.06. The topological polar surface area (TPSA) is 230 Å². The lowest BCUT2D eigenvalue weighted by Crippen LogP contribution is -2.55. The Labute approximate surface area is 339 Å². The predicted octanol–water partition coefficient (Wildman–Crippen LogP) is 4.87. The zero-order valence-corrected chi connectivity index (χ0v) is 32.1. The van der Waals surface area contributed by atoms with E-state index in [1.54, 1.807) is 70.5 Å². The number of hydrogen-bond donors (Lipinski definition) is 5. The molecule has 0 unspecified atom stereocenters. The quantitative estimate of drug-likeness (QED) is 0.0965. The summed E-state index contributed by atoms with van der Waals surface area (Å²) >= 11 is 0. The Morgan fingerprint density at radius 3 is 1.41 bits per heavy atom. The first-order valence-corrected chi connectivity index (χ1v) is 19.4. The molecule has 4 amide bonds. The number of nitrogens with zero attached hydrogens (tertiary/aromatic N) is 3. The van der Waals surface area contributed by atoms with Gasteiger partial charge in [0.05, 0.1) is 36.3 Å². The van der Waals surface area contributed by atoms with E-state index in [1.165, 1.54) is 0 Å². The second kappa shape index (κ2) is 16.4. The number of amides is 4. The van der Waals surface area contributed by atoms with Crippen LogP contribution in [0.15, 0.2) is 115 Å². The molecule has 59 heavy (non-hydrogen) atoms. The van der Waals surface area contributed by atoms with E-state index in [-0.39, 0.29) is 11.1 Å². The molecule has 0 aliphatic carbocycles. The molecule has 1 aromatic heterocycles. The summed E-state index contributed by atoms with van der Waals surface area (Å²) in [4.78, 5) is 81.7. The van der Waals surface area contributed by atoms with Crippen LogP contribution >= 0.6 is 0 Å². The van der Waals surface area contributed by atoms with Crippen molar-refractivity contribution in [1.82, 2.24) is 20.0 Å². The SMILES string of the molecule is NC(=O)[C@](CC(=O)O)(C(=O)N1CCC[C@H]1c1ccc(-c2cc(-c3ccc([C@@H]4CCCN4C(=O)[C@@](CC(=O)O)(C(N)=O)c4ccccc4)cc3)[nH]n2)cc1)c1ccccc1. The van der Waals surface area contributed by atoms with Gasteiger partial charge >= 0.3 is 11.9 Å². The fourth-order valence-electron chi connectivity index (χ4n) is 8.75. The van der Waals surface area contributed by atoms with Gasteiger partial charge in [-0.05, 0) is 59.6 Å². The molecule has 0 bridgehead atoms. The first kappa shape index (κ1) is 40.1. The smallest absolute Gasteiger partial charge is 0.305 e. The minimum absolute atomic E-state index is 0.239. The Morgan fingerprint density at radius 1 is 0.610 bits per heavy atom. The summed E-state index contributed by atoms with van der Waals surface area (Å²) in [5.41, 5.74) is 12.7. The van der Waals surface area contributed by atoms with Crippen LogP contribution in [0.4, 0.5) is 0 Å². The molecule has 7 N–H and O–H groups in total. The van der Waals surface area contributed by atoms with Gasteiger partial charge in [0.15, 0.2) is 10.8 Å². The van der Waals surface area contributed by atoms with E-state index in [0.717, 1.165) is 27.9 Å². The number of aliphatic carboxylic acids is 2. The zero-order valence-electron chi connectivity index (χ0n) is 32.1. The molecule has 5 aromatic rings. The third-order valence-electron chi connectivity index (χ3n) is 11.7. The predicted molar refractivity (Wildman–Crippen MR) is 216 cm³/mol. The second-order valence-electron chi connectivity index (χ2n) is 15.1. The molecule has 2 fully saturated rings. The van der Waals surface area contributed by atoms with Crippen LogP contribution in [-0.4, -0.2) is 78.9 Å². The molecule has 302 valence electrons. The molecule has 4 atom stereocenters. The number of carboxylic acids is 2. The maximum absolute atomic E-state index is 14.2. The molecule has 0 spiro atoms. The largest absolute Gasteiger partial charge is 0.481 e. The molecule has 0 saturated carbocycles. The van der Waals surface area contributed by atoms with Crippen molar-refractivity contribution in [2.24, 2.45) is 11.5 Å². The molecule has 0 radical (unpaired) electrons. The van der Waals surface area contributed by atoms with Crippen molar-refractivity contribution in [1.29, 1.82) is 0 Å². The fraction of sp³-hybridized carbons (Fsp3) is 0.267. The lowest BCUT2D eigenvalue weighted by molar-refractivity contribution is -0.151. The van der Waals surface area contributed by atoms with Crippen LogP contribution in [0.3, 0.4) is 0 Å². The van der Waals surface area contributed by atoms with E-state index < -0.39 is 71.3 Å². The number of carbonyl (C=O) groups excluding carboxylic acids is 4. The van der Waals surface area contributed by atoms with Crippen LogP contribution in [0.25, 0.3) is 22.5 Å². The van der Waals surface area contributed by atoms with Crippen LogP contribution in [0.1, 0.15) is 72.9 Å². The number of hydrogen-bond acceptors (Lipinski definition) is 7. The summed E-state index contributed by atoms with van der Waals surface area (Å²) in [5.74, 6) is -5.92. The van der Waals surface area contributed by atoms with Gasteiger partial charge in [-0.15, -0.1) is 0 Å². The molecular formula is C45H44N6O8. The van der Waals surface area contributed by atoms with Crippen LogP contribution in [0.5, 0.6) is 0 Å². The van der Waals surface area contributed by atoms with Crippen LogP contribution in [-0.2, 0) is 39.6 Å². The van der Waals surface area contributed by atoms with Crippen LogP contribution in [0.2, 0.25) is 0 Å². The number of benzene rings is 4. The Balaban J connectivity index is 1.08. The number of aromatic amines is 1. The third kappa shape index (κ3) is 7.44. The highest BCUT2D eigenvalue weighted by Gasteiger charge is 2.53. The number of H-pyrrole nitrogens is 1. The summed E-state index contributed by atoms with van der Waals surface area (Å²) in [6, 6.07) is 32.6. The standard InChI is InChI=1S/C45H44N6O8/c46-40(56)44(26-38(52)53,32-9-3-1-4-10-32)42(58)50-23-7-13-36(50)30-19-15-28(16-20-30)34-25-35(49-48-34)29-17-21-31(22-18-29)37-14-8-24-51(37)43(59)45(41(47)57,27-39(54)55)33-11-5-2-6-12-33/h1-6,9-12,15-22,25,36-37H,7-8,13-14,23-24,26-27H2,(H2,46,56)(H2,47,57)(H,48,49)(H,52,53)(H,54,55)/t36-,37-,44+,45+/m0/s1. The van der Waals surface area contributed by atoms with E-state index in [9.17, 15) is 39.0 Å². The zero-order chi connectivity index (χ0) is 41.9. The van der Waals surface area contributed by atoms with E-state index >= 15 is 0 Å². The molecule has 7 rings (SSSR count). The van der Waals surface area contributed by atoms with Gasteiger partial charge in [0.1, 0.15) is 0 Å². The van der Waals surface area contributed by atoms with Gasteiger partial charge in [-0.25, -0.2) is 0 Å². The van der Waals surface area contributed by atoms with Crippen molar-refractivity contribution in [3.05, 3.63) is 138 Å². The van der Waals surface area contributed by atoms with Gasteiger partial charge in [0, 0.05) is 18.7 Å². The average molecular weight is 797 g/mol. The van der Waals surface area contributed by atoms with Crippen molar-refractivity contribution >= 4 is 35.6 Å².